The number of fused-ring (bicyclic) bond motifs is 2. The number of halogens is 4. The van der Waals surface area contributed by atoms with Gasteiger partial charge in [-0.1, -0.05) is 18.0 Å². The third-order valence-corrected chi connectivity index (χ3v) is 8.49. The van der Waals surface area contributed by atoms with Crippen LogP contribution in [0.3, 0.4) is 0 Å². The summed E-state index contributed by atoms with van der Waals surface area (Å²) in [7, 11) is 1.39. The Morgan fingerprint density at radius 2 is 1.84 bits per heavy atom. The number of nitrogens with zero attached hydrogens (tertiary/aromatic N) is 2. The number of benzene rings is 2. The first-order valence-corrected chi connectivity index (χ1v) is 14.8. The van der Waals surface area contributed by atoms with E-state index in [-0.39, 0.29) is 39.7 Å². The van der Waals surface area contributed by atoms with Gasteiger partial charge in [0.15, 0.2) is 5.75 Å². The molecule has 0 spiro atoms. The van der Waals surface area contributed by atoms with E-state index in [4.69, 9.17) is 9.47 Å². The summed E-state index contributed by atoms with van der Waals surface area (Å²) in [5.74, 6) is -0.956. The average Bonchev–Trinajstić information content (AvgIpc) is 3.33. The van der Waals surface area contributed by atoms with Gasteiger partial charge in [0.2, 0.25) is 5.60 Å². The summed E-state index contributed by atoms with van der Waals surface area (Å²) in [5, 5.41) is 14.2. The topological polar surface area (TPSA) is 106 Å². The van der Waals surface area contributed by atoms with Crippen LogP contribution in [0.4, 0.5) is 17.6 Å². The second-order valence-electron chi connectivity index (χ2n) is 12.0. The molecule has 45 heavy (non-hydrogen) atoms. The van der Waals surface area contributed by atoms with Crippen molar-refractivity contribution in [3.63, 3.8) is 0 Å². The number of hydrogen-bond donors (Lipinski definition) is 3. The summed E-state index contributed by atoms with van der Waals surface area (Å²) >= 11 is 1.37. The fourth-order valence-electron chi connectivity index (χ4n) is 4.84. The Balaban J connectivity index is 1.58. The fraction of sp³-hybridized carbons (Fsp3) is 0.344. The van der Waals surface area contributed by atoms with E-state index in [0.717, 1.165) is 18.2 Å². The molecule has 0 radical (unpaired) electrons. The quantitative estimate of drug-likeness (QED) is 0.152. The Morgan fingerprint density at radius 3 is 2.49 bits per heavy atom. The van der Waals surface area contributed by atoms with Crippen molar-refractivity contribution in [2.24, 2.45) is 0 Å². The molecule has 13 heteroatoms. The van der Waals surface area contributed by atoms with Gasteiger partial charge >= 0.3 is 6.18 Å². The monoisotopic (exact) mass is 644 g/mol. The van der Waals surface area contributed by atoms with Crippen LogP contribution in [-0.2, 0) is 11.1 Å². The lowest BCUT2D eigenvalue weighted by atomic mass is 9.89. The smallest absolute Gasteiger partial charge is 0.424 e. The first-order chi connectivity index (χ1) is 21.0. The van der Waals surface area contributed by atoms with Crippen molar-refractivity contribution >= 4 is 28.8 Å². The lowest BCUT2D eigenvalue weighted by Gasteiger charge is -2.32. The number of methoxy groups -OCH3 is 1. The predicted molar refractivity (Wildman–Crippen MR) is 164 cm³/mol. The number of pyridine rings is 2. The lowest BCUT2D eigenvalue weighted by Crippen LogP contribution is -2.51. The first-order valence-electron chi connectivity index (χ1n) is 13.9. The molecule has 2 atom stereocenters. The Hall–Kier alpha value is -3.94. The van der Waals surface area contributed by atoms with Gasteiger partial charge in [0, 0.05) is 33.0 Å². The fourth-order valence-corrected chi connectivity index (χ4v) is 5.54. The van der Waals surface area contributed by atoms with Crippen molar-refractivity contribution < 1.29 is 36.9 Å². The Labute approximate surface area is 261 Å². The van der Waals surface area contributed by atoms with Crippen LogP contribution in [0.15, 0.2) is 60.8 Å². The molecule has 0 fully saturated rings. The van der Waals surface area contributed by atoms with Crippen molar-refractivity contribution in [3.8, 4) is 22.8 Å². The molecule has 238 valence electrons. The Bertz CT molecular complexity index is 1750. The zero-order chi connectivity index (χ0) is 32.8. The highest BCUT2D eigenvalue weighted by Crippen LogP contribution is 2.48. The molecule has 0 saturated heterocycles. The number of aliphatic hydroxyl groups is 1. The molecule has 0 saturated carbocycles. The number of carbonyl (C=O) groups excluding carboxylic acids is 1. The summed E-state index contributed by atoms with van der Waals surface area (Å²) in [6, 6.07) is 12.4. The van der Waals surface area contributed by atoms with E-state index in [2.05, 4.69) is 20.0 Å². The number of rotatable bonds is 8. The van der Waals surface area contributed by atoms with Crippen molar-refractivity contribution in [2.75, 3.05) is 20.3 Å². The summed E-state index contributed by atoms with van der Waals surface area (Å²) < 4.78 is 72.7. The number of alkyl halides is 3. The summed E-state index contributed by atoms with van der Waals surface area (Å²) in [4.78, 5) is 21.7. The van der Waals surface area contributed by atoms with Gasteiger partial charge in [-0.25, -0.2) is 14.1 Å². The summed E-state index contributed by atoms with van der Waals surface area (Å²) in [6.45, 7) is 6.49. The summed E-state index contributed by atoms with van der Waals surface area (Å²) in [6.07, 6.45) is -3.72. The van der Waals surface area contributed by atoms with Crippen LogP contribution >= 0.6 is 11.9 Å². The number of carbonyl (C=O) groups is 1. The molecule has 1 amide bonds. The minimum absolute atomic E-state index is 0.00505. The minimum Gasteiger partial charge on any atom is -0.494 e. The summed E-state index contributed by atoms with van der Waals surface area (Å²) in [5.41, 5.74) is -4.27. The molecular formula is C32H32F4N4O4S. The van der Waals surface area contributed by atoms with Crippen molar-refractivity contribution in [2.45, 2.75) is 49.8 Å². The van der Waals surface area contributed by atoms with Gasteiger partial charge in [-0.2, -0.15) is 13.2 Å². The maximum absolute atomic E-state index is 14.8. The van der Waals surface area contributed by atoms with E-state index in [1.54, 1.807) is 25.3 Å². The second-order valence-corrected chi connectivity index (χ2v) is 13.6. The number of ether oxygens (including phenoxy) is 2. The molecule has 1 aliphatic rings. The first kappa shape index (κ1) is 32.5. The molecule has 2 unspecified atom stereocenters. The van der Waals surface area contributed by atoms with Gasteiger partial charge in [0.05, 0.1) is 24.9 Å². The zero-order valence-corrected chi connectivity index (χ0v) is 26.0. The highest BCUT2D eigenvalue weighted by atomic mass is 32.2. The molecular weight excluding hydrogens is 612 g/mol. The van der Waals surface area contributed by atoms with E-state index >= 15 is 0 Å². The van der Waals surface area contributed by atoms with E-state index in [1.807, 2.05) is 20.8 Å². The zero-order valence-electron chi connectivity index (χ0n) is 25.2. The van der Waals surface area contributed by atoms with E-state index in [9.17, 15) is 27.5 Å². The maximum Gasteiger partial charge on any atom is 0.424 e. The number of amides is 1. The number of aromatic nitrogens is 2. The molecule has 3 heterocycles. The second kappa shape index (κ2) is 11.8. The SMILES string of the molecule is COc1cc(C(=O)NCC(O)(c2cc3c(c(-c4ccc(F)cc4)n2)OCC3(C)NSC(C)(C)C)C(F)(F)F)cc2cccnc12. The third-order valence-electron chi connectivity index (χ3n) is 7.32. The molecule has 0 bridgehead atoms. The molecule has 5 rings (SSSR count). The average molecular weight is 645 g/mol. The maximum atomic E-state index is 14.8. The number of hydrogen-bond acceptors (Lipinski definition) is 8. The van der Waals surface area contributed by atoms with Crippen LogP contribution in [0.25, 0.3) is 22.2 Å². The molecule has 2 aromatic heterocycles. The van der Waals surface area contributed by atoms with Gasteiger partial charge in [0.1, 0.15) is 29.4 Å². The normalized spacial score (nSPS) is 17.8. The highest BCUT2D eigenvalue weighted by Gasteiger charge is 2.57. The van der Waals surface area contributed by atoms with E-state index in [0.29, 0.717) is 16.5 Å². The van der Waals surface area contributed by atoms with Crippen LogP contribution in [0.1, 0.15) is 49.3 Å². The van der Waals surface area contributed by atoms with Crippen LogP contribution in [0.5, 0.6) is 11.5 Å². The predicted octanol–water partition coefficient (Wildman–Crippen LogP) is 6.27. The van der Waals surface area contributed by atoms with E-state index < -0.39 is 41.3 Å². The largest absolute Gasteiger partial charge is 0.494 e. The van der Waals surface area contributed by atoms with Gasteiger partial charge in [-0.3, -0.25) is 9.78 Å². The van der Waals surface area contributed by atoms with Crippen molar-refractivity contribution in [1.82, 2.24) is 20.0 Å². The van der Waals surface area contributed by atoms with Gasteiger partial charge in [-0.15, -0.1) is 0 Å². The molecule has 4 aromatic rings. The molecule has 0 aliphatic carbocycles. The molecule has 3 N–H and O–H groups in total. The van der Waals surface area contributed by atoms with Gasteiger partial charge in [-0.05, 0) is 76.2 Å². The van der Waals surface area contributed by atoms with Crippen molar-refractivity contribution in [1.29, 1.82) is 0 Å². The number of nitrogens with one attached hydrogen (secondary N) is 2. The standard InChI is InChI=1S/C32H32F4N4O4S/c1-29(2,3)45-40-30(4)17-44-27-22(30)15-24(39-26(27)18-8-10-21(33)11-9-18)31(42,32(34,35)36)16-38-28(41)20-13-19-7-6-12-37-25(19)23(14-20)43-5/h6-15,40,42H,16-17H2,1-5H3,(H,38,41). The van der Waals surface area contributed by atoms with Crippen LogP contribution < -0.4 is 19.5 Å². The van der Waals surface area contributed by atoms with Gasteiger partial charge < -0.3 is 19.9 Å². The molecule has 1 aliphatic heterocycles. The molecule has 8 nitrogen and oxygen atoms in total. The highest BCUT2D eigenvalue weighted by molar-refractivity contribution is 7.98. The lowest BCUT2D eigenvalue weighted by molar-refractivity contribution is -0.265. The Kier molecular flexibility index (Phi) is 8.49. The van der Waals surface area contributed by atoms with Gasteiger partial charge in [0.25, 0.3) is 5.91 Å². The molecule has 2 aromatic carbocycles. The van der Waals surface area contributed by atoms with Crippen LogP contribution in [-0.4, -0.2) is 52.2 Å². The van der Waals surface area contributed by atoms with E-state index in [1.165, 1.54) is 43.3 Å². The minimum atomic E-state index is -5.27. The van der Waals surface area contributed by atoms with Crippen molar-refractivity contribution in [3.05, 3.63) is 83.4 Å². The Morgan fingerprint density at radius 1 is 1.13 bits per heavy atom. The third kappa shape index (κ3) is 6.42. The van der Waals surface area contributed by atoms with Crippen LogP contribution in [0.2, 0.25) is 0 Å². The van der Waals surface area contributed by atoms with Crippen LogP contribution in [0, 0.1) is 5.82 Å².